The van der Waals surface area contributed by atoms with Crippen LogP contribution in [0.1, 0.15) is 32.4 Å². The summed E-state index contributed by atoms with van der Waals surface area (Å²) in [5.41, 5.74) is 0.00341. The Morgan fingerprint density at radius 3 is 2.33 bits per heavy atom. The first-order chi connectivity index (χ1) is 18.4. The number of thioether (sulfide) groups is 1. The molecule has 4 rings (SSSR count). The summed E-state index contributed by atoms with van der Waals surface area (Å²) in [7, 11) is 0. The Morgan fingerprint density at radius 2 is 1.74 bits per heavy atom. The molecule has 210 valence electrons. The van der Waals surface area contributed by atoms with Gasteiger partial charge in [-0.25, -0.2) is 17.9 Å². The second kappa shape index (κ2) is 11.8. The number of carbonyl (C=O) groups is 1. The molecule has 1 aliphatic rings. The van der Waals surface area contributed by atoms with Crippen molar-refractivity contribution in [3.63, 3.8) is 0 Å². The quantitative estimate of drug-likeness (QED) is 0.356. The van der Waals surface area contributed by atoms with E-state index in [9.17, 15) is 33.3 Å². The van der Waals surface area contributed by atoms with E-state index in [2.05, 4.69) is 10.3 Å². The van der Waals surface area contributed by atoms with Crippen molar-refractivity contribution >= 4 is 17.5 Å². The van der Waals surface area contributed by atoms with E-state index in [1.54, 1.807) is 20.8 Å². The van der Waals surface area contributed by atoms with Gasteiger partial charge in [0.25, 0.3) is 0 Å². The Balaban J connectivity index is 1.68. The van der Waals surface area contributed by atoms with E-state index >= 15 is 0 Å². The van der Waals surface area contributed by atoms with Gasteiger partial charge in [-0.2, -0.15) is 0 Å². The first kappa shape index (κ1) is 29.2. The Bertz CT molecular complexity index is 1280. The molecule has 1 saturated heterocycles. The lowest BCUT2D eigenvalue weighted by Crippen LogP contribution is -2.60. The molecule has 0 bridgehead atoms. The number of aromatic nitrogens is 3. The predicted molar refractivity (Wildman–Crippen MR) is 138 cm³/mol. The fourth-order valence-corrected chi connectivity index (χ4v) is 5.94. The van der Waals surface area contributed by atoms with Crippen molar-refractivity contribution < 1.29 is 38.0 Å². The fourth-order valence-electron chi connectivity index (χ4n) is 4.46. The van der Waals surface area contributed by atoms with Crippen LogP contribution in [-0.2, 0) is 15.3 Å². The zero-order valence-corrected chi connectivity index (χ0v) is 22.4. The number of aliphatic hydroxyl groups is 3. The van der Waals surface area contributed by atoms with Crippen molar-refractivity contribution in [2.45, 2.75) is 62.2 Å². The molecule has 1 fully saturated rings. The Hall–Kier alpha value is -2.77. The highest BCUT2D eigenvalue weighted by atomic mass is 32.2. The normalized spacial score (nSPS) is 24.5. The third-order valence-electron chi connectivity index (χ3n) is 6.59. The second-order valence-electron chi connectivity index (χ2n) is 10.5. The smallest absolute Gasteiger partial charge is 0.194 e. The molecule has 2 unspecified atom stereocenters. The topological polar surface area (TPSA) is 118 Å². The van der Waals surface area contributed by atoms with Crippen molar-refractivity contribution in [3.05, 3.63) is 71.7 Å². The second-order valence-corrected chi connectivity index (χ2v) is 11.6. The van der Waals surface area contributed by atoms with Crippen LogP contribution in [0.25, 0.3) is 11.3 Å². The maximum absolute atomic E-state index is 13.8. The van der Waals surface area contributed by atoms with E-state index in [1.807, 2.05) is 30.3 Å². The van der Waals surface area contributed by atoms with Gasteiger partial charge in [0.1, 0.15) is 36.2 Å². The summed E-state index contributed by atoms with van der Waals surface area (Å²) < 4.78 is 48.0. The van der Waals surface area contributed by atoms with Crippen molar-refractivity contribution in [1.82, 2.24) is 15.0 Å². The zero-order chi connectivity index (χ0) is 28.5. The van der Waals surface area contributed by atoms with E-state index in [0.717, 1.165) is 22.4 Å². The number of carbonyl (C=O) groups excluding carboxylic acids is 1. The lowest BCUT2D eigenvalue weighted by Gasteiger charge is -2.45. The average molecular weight is 566 g/mol. The first-order valence-corrected chi connectivity index (χ1v) is 13.4. The van der Waals surface area contributed by atoms with Crippen molar-refractivity contribution in [2.24, 2.45) is 5.41 Å². The van der Waals surface area contributed by atoms with Gasteiger partial charge in [-0.3, -0.25) is 4.79 Å². The summed E-state index contributed by atoms with van der Waals surface area (Å²) in [5.74, 6) is -4.21. The number of benzene rings is 2. The Labute approximate surface area is 227 Å². The van der Waals surface area contributed by atoms with E-state index in [4.69, 9.17) is 4.74 Å². The maximum Gasteiger partial charge on any atom is 0.194 e. The third kappa shape index (κ3) is 6.20. The predicted octanol–water partition coefficient (Wildman–Crippen LogP) is 3.30. The summed E-state index contributed by atoms with van der Waals surface area (Å²) in [5, 5.41) is 39.3. The molecule has 1 aromatic heterocycles. The van der Waals surface area contributed by atoms with Crippen LogP contribution >= 0.6 is 11.8 Å². The molecule has 1 aliphatic heterocycles. The molecule has 12 heteroatoms. The number of hydrogen-bond acceptors (Lipinski definition) is 8. The molecule has 2 heterocycles. The Kier molecular flexibility index (Phi) is 8.82. The molecule has 2 aromatic carbocycles. The minimum atomic E-state index is -1.63. The standard InChI is InChI=1S/C27H30F3N3O5S/c1-27(2,3)26(37)25(39-13-14-7-5-4-6-8-14)24-23(36)21(22(35)19(12-34)38-24)33-11-18(31-32-33)15-9-16(28)20(30)17(29)10-15/h4-11,19,21-25,34-36H,12-13H2,1-3H3/t19?,21-,22-,23?,24+,25-/m0/s1. The highest BCUT2D eigenvalue weighted by Crippen LogP contribution is 2.38. The highest BCUT2D eigenvalue weighted by Gasteiger charge is 2.51. The van der Waals surface area contributed by atoms with E-state index in [1.165, 1.54) is 18.0 Å². The summed E-state index contributed by atoms with van der Waals surface area (Å²) in [6.07, 6.45) is -4.05. The lowest BCUT2D eigenvalue weighted by molar-refractivity contribution is -0.206. The maximum atomic E-state index is 13.8. The van der Waals surface area contributed by atoms with Crippen molar-refractivity contribution in [3.8, 4) is 11.3 Å². The van der Waals surface area contributed by atoms with Crippen molar-refractivity contribution in [1.29, 1.82) is 0 Å². The first-order valence-electron chi connectivity index (χ1n) is 12.3. The van der Waals surface area contributed by atoms with Gasteiger partial charge in [0.2, 0.25) is 0 Å². The van der Waals surface area contributed by atoms with Crippen molar-refractivity contribution in [2.75, 3.05) is 6.61 Å². The van der Waals surface area contributed by atoms with Gasteiger partial charge in [-0.1, -0.05) is 56.3 Å². The largest absolute Gasteiger partial charge is 0.394 e. The minimum absolute atomic E-state index is 0.0449. The SMILES string of the molecule is CC(C)(C)C(=O)[C@@H](SCc1ccccc1)[C@@H]1OC(CO)[C@H](O)[C@H](n2cc(-c3cc(F)c(F)c(F)c3)nn2)C1O. The van der Waals surface area contributed by atoms with E-state index in [0.29, 0.717) is 5.75 Å². The van der Waals surface area contributed by atoms with E-state index in [-0.39, 0.29) is 17.0 Å². The molecule has 3 N–H and O–H groups in total. The lowest BCUT2D eigenvalue weighted by atomic mass is 9.83. The van der Waals surface area contributed by atoms with Gasteiger partial charge in [0.05, 0.1) is 18.1 Å². The molecular formula is C27H30F3N3O5S. The van der Waals surface area contributed by atoms with Crippen LogP contribution < -0.4 is 0 Å². The fraction of sp³-hybridized carbons (Fsp3) is 0.444. The van der Waals surface area contributed by atoms with Crippen LogP contribution in [0.4, 0.5) is 13.2 Å². The molecular weight excluding hydrogens is 535 g/mol. The van der Waals surface area contributed by atoms with Crippen LogP contribution in [0.2, 0.25) is 0 Å². The Morgan fingerprint density at radius 1 is 1.10 bits per heavy atom. The molecule has 0 spiro atoms. The molecule has 0 amide bonds. The third-order valence-corrected chi connectivity index (χ3v) is 7.93. The van der Waals surface area contributed by atoms with Crippen LogP contribution in [0.3, 0.4) is 0 Å². The van der Waals surface area contributed by atoms with Gasteiger partial charge in [-0.15, -0.1) is 16.9 Å². The number of aliphatic hydroxyl groups excluding tert-OH is 3. The number of ketones is 1. The minimum Gasteiger partial charge on any atom is -0.394 e. The summed E-state index contributed by atoms with van der Waals surface area (Å²) >= 11 is 1.28. The zero-order valence-electron chi connectivity index (χ0n) is 21.5. The van der Waals surface area contributed by atoms with E-state index < -0.39 is 65.2 Å². The van der Waals surface area contributed by atoms with Gasteiger partial charge >= 0.3 is 0 Å². The van der Waals surface area contributed by atoms with Crippen LogP contribution in [0, 0.1) is 22.9 Å². The average Bonchev–Trinajstić information content (AvgIpc) is 3.38. The molecule has 0 aliphatic carbocycles. The summed E-state index contributed by atoms with van der Waals surface area (Å²) in [4.78, 5) is 13.6. The summed E-state index contributed by atoms with van der Waals surface area (Å²) in [6, 6.07) is 9.71. The molecule has 0 radical (unpaired) electrons. The molecule has 39 heavy (non-hydrogen) atoms. The molecule has 8 nitrogen and oxygen atoms in total. The molecule has 6 atom stereocenters. The number of Topliss-reactive ketones (excluding diaryl/α,β-unsaturated/α-hetero) is 1. The van der Waals surface area contributed by atoms with Gasteiger partial charge < -0.3 is 20.1 Å². The highest BCUT2D eigenvalue weighted by molar-refractivity contribution is 7.99. The number of ether oxygens (including phenoxy) is 1. The van der Waals surface area contributed by atoms with Crippen LogP contribution in [0.5, 0.6) is 0 Å². The van der Waals surface area contributed by atoms with Crippen LogP contribution in [-0.4, -0.2) is 72.4 Å². The number of hydrogen-bond donors (Lipinski definition) is 3. The number of nitrogens with zero attached hydrogens (tertiary/aromatic N) is 3. The van der Waals surface area contributed by atoms with Gasteiger partial charge in [0, 0.05) is 16.7 Å². The molecule has 3 aromatic rings. The van der Waals surface area contributed by atoms with Gasteiger partial charge in [-0.05, 0) is 17.7 Å². The van der Waals surface area contributed by atoms with Gasteiger partial charge in [0.15, 0.2) is 23.2 Å². The summed E-state index contributed by atoms with van der Waals surface area (Å²) in [6.45, 7) is 4.64. The monoisotopic (exact) mass is 565 g/mol. The number of halogens is 3. The molecule has 0 saturated carbocycles. The van der Waals surface area contributed by atoms with Crippen LogP contribution in [0.15, 0.2) is 48.7 Å². The number of rotatable bonds is 8.